The van der Waals surface area contributed by atoms with E-state index in [1.807, 2.05) is 6.92 Å². The fourth-order valence-corrected chi connectivity index (χ4v) is 1.24. The molecule has 2 aromatic rings. The van der Waals surface area contributed by atoms with Gasteiger partial charge in [0.25, 0.3) is 0 Å². The summed E-state index contributed by atoms with van der Waals surface area (Å²) in [6, 6.07) is 1.32. The lowest BCUT2D eigenvalue weighted by Crippen LogP contribution is -2.22. The smallest absolute Gasteiger partial charge is 0.170 e. The highest BCUT2D eigenvalue weighted by atomic mass is 16.5. The molecular weight excluding hydrogens is 198 g/mol. The van der Waals surface area contributed by atoms with Gasteiger partial charge in [0.15, 0.2) is 5.76 Å². The van der Waals surface area contributed by atoms with Crippen molar-refractivity contribution in [2.45, 2.75) is 6.92 Å². The SMILES string of the molecule is Cc1c(-c2cc(C(=O)[O-])no2)cnn1C. The fraction of sp³-hybridized carbons (Fsp3) is 0.222. The van der Waals surface area contributed by atoms with Gasteiger partial charge in [-0.1, -0.05) is 5.16 Å². The van der Waals surface area contributed by atoms with Crippen LogP contribution in [0, 0.1) is 6.92 Å². The molecule has 0 bridgehead atoms. The quantitative estimate of drug-likeness (QED) is 0.676. The molecule has 0 saturated carbocycles. The third-order valence-corrected chi connectivity index (χ3v) is 2.22. The Morgan fingerprint density at radius 3 is 2.80 bits per heavy atom. The largest absolute Gasteiger partial charge is 0.543 e. The minimum Gasteiger partial charge on any atom is -0.543 e. The zero-order valence-corrected chi connectivity index (χ0v) is 8.22. The van der Waals surface area contributed by atoms with E-state index in [1.54, 1.807) is 17.9 Å². The second kappa shape index (κ2) is 3.23. The van der Waals surface area contributed by atoms with Crippen molar-refractivity contribution < 1.29 is 14.4 Å². The Labute approximate surface area is 85.1 Å². The number of hydrogen-bond acceptors (Lipinski definition) is 5. The van der Waals surface area contributed by atoms with Crippen molar-refractivity contribution in [1.82, 2.24) is 14.9 Å². The summed E-state index contributed by atoms with van der Waals surface area (Å²) in [5, 5.41) is 17.9. The van der Waals surface area contributed by atoms with Gasteiger partial charge < -0.3 is 14.4 Å². The molecule has 2 aromatic heterocycles. The molecule has 2 rings (SSSR count). The third kappa shape index (κ3) is 1.50. The summed E-state index contributed by atoms with van der Waals surface area (Å²) in [7, 11) is 1.79. The Balaban J connectivity index is 2.46. The van der Waals surface area contributed by atoms with Gasteiger partial charge in [-0.3, -0.25) is 4.68 Å². The normalized spacial score (nSPS) is 10.5. The Hall–Kier alpha value is -2.11. The van der Waals surface area contributed by atoms with Crippen molar-refractivity contribution >= 4 is 5.97 Å². The predicted molar refractivity (Wildman–Crippen MR) is 47.8 cm³/mol. The van der Waals surface area contributed by atoms with Gasteiger partial charge in [0.1, 0.15) is 5.69 Å². The van der Waals surface area contributed by atoms with Crippen molar-refractivity contribution in [2.75, 3.05) is 0 Å². The van der Waals surface area contributed by atoms with Gasteiger partial charge in [-0.25, -0.2) is 0 Å². The molecule has 0 radical (unpaired) electrons. The number of carbonyl (C=O) groups is 1. The highest BCUT2D eigenvalue weighted by Gasteiger charge is 2.12. The van der Waals surface area contributed by atoms with Crippen molar-refractivity contribution in [2.24, 2.45) is 7.05 Å². The summed E-state index contributed by atoms with van der Waals surface area (Å²) in [6.07, 6.45) is 1.59. The number of carboxylic acids is 1. The highest BCUT2D eigenvalue weighted by molar-refractivity contribution is 5.84. The number of carbonyl (C=O) groups excluding carboxylic acids is 1. The van der Waals surface area contributed by atoms with Gasteiger partial charge in [-0.2, -0.15) is 5.10 Å². The van der Waals surface area contributed by atoms with E-state index in [4.69, 9.17) is 4.52 Å². The zero-order chi connectivity index (χ0) is 11.0. The van der Waals surface area contributed by atoms with Gasteiger partial charge in [0, 0.05) is 18.8 Å². The lowest BCUT2D eigenvalue weighted by atomic mass is 10.2. The van der Waals surface area contributed by atoms with E-state index in [2.05, 4.69) is 10.3 Å². The topological polar surface area (TPSA) is 84.0 Å². The monoisotopic (exact) mass is 206 g/mol. The molecule has 0 aliphatic rings. The Morgan fingerprint density at radius 2 is 2.33 bits per heavy atom. The summed E-state index contributed by atoms with van der Waals surface area (Å²) in [4.78, 5) is 10.5. The van der Waals surface area contributed by atoms with E-state index in [-0.39, 0.29) is 5.69 Å². The number of carboxylic acid groups (broad SMARTS) is 1. The molecule has 0 aliphatic carbocycles. The molecule has 0 fully saturated rings. The van der Waals surface area contributed by atoms with E-state index >= 15 is 0 Å². The first-order valence-corrected chi connectivity index (χ1v) is 4.26. The molecule has 0 amide bonds. The van der Waals surface area contributed by atoms with Crippen LogP contribution in [0.2, 0.25) is 0 Å². The van der Waals surface area contributed by atoms with E-state index in [1.165, 1.54) is 6.07 Å². The van der Waals surface area contributed by atoms with Crippen molar-refractivity contribution in [1.29, 1.82) is 0 Å². The van der Waals surface area contributed by atoms with Crippen LogP contribution in [0.3, 0.4) is 0 Å². The highest BCUT2D eigenvalue weighted by Crippen LogP contribution is 2.22. The number of rotatable bonds is 2. The first-order valence-electron chi connectivity index (χ1n) is 4.26. The predicted octanol–water partition coefficient (Wildman–Crippen LogP) is -0.253. The molecule has 78 valence electrons. The number of aromatic carboxylic acids is 1. The Morgan fingerprint density at radius 1 is 1.60 bits per heavy atom. The molecule has 0 aliphatic heterocycles. The van der Waals surface area contributed by atoms with Crippen LogP contribution in [0.15, 0.2) is 16.8 Å². The van der Waals surface area contributed by atoms with Gasteiger partial charge in [0.05, 0.1) is 17.7 Å². The summed E-state index contributed by atoms with van der Waals surface area (Å²) in [5.41, 5.74) is 1.38. The van der Waals surface area contributed by atoms with E-state index in [0.717, 1.165) is 11.3 Å². The maximum atomic E-state index is 10.5. The number of aromatic nitrogens is 3. The Bertz CT molecular complexity index is 512. The van der Waals surface area contributed by atoms with Crippen LogP contribution in [-0.2, 0) is 7.05 Å². The lowest BCUT2D eigenvalue weighted by Gasteiger charge is -1.94. The molecule has 0 aromatic carbocycles. The molecule has 0 unspecified atom stereocenters. The maximum absolute atomic E-state index is 10.5. The molecule has 0 atom stereocenters. The lowest BCUT2D eigenvalue weighted by molar-refractivity contribution is -0.255. The zero-order valence-electron chi connectivity index (χ0n) is 8.22. The molecule has 6 heteroatoms. The number of nitrogens with zero attached hydrogens (tertiary/aromatic N) is 3. The van der Waals surface area contributed by atoms with E-state index in [0.29, 0.717) is 5.76 Å². The first-order chi connectivity index (χ1) is 7.09. The minimum absolute atomic E-state index is 0.215. The van der Waals surface area contributed by atoms with Gasteiger partial charge >= 0.3 is 0 Å². The van der Waals surface area contributed by atoms with Crippen molar-refractivity contribution in [3.63, 3.8) is 0 Å². The average Bonchev–Trinajstić information content (AvgIpc) is 2.76. The summed E-state index contributed by atoms with van der Waals surface area (Å²) < 4.78 is 6.55. The molecule has 15 heavy (non-hydrogen) atoms. The molecule has 0 saturated heterocycles. The van der Waals surface area contributed by atoms with Gasteiger partial charge in [-0.15, -0.1) is 0 Å². The Kier molecular flexibility index (Phi) is 2.03. The second-order valence-electron chi connectivity index (χ2n) is 3.13. The van der Waals surface area contributed by atoms with Crippen LogP contribution in [0.5, 0.6) is 0 Å². The van der Waals surface area contributed by atoms with Crippen molar-refractivity contribution in [3.8, 4) is 11.3 Å². The molecular formula is C9H8N3O3-. The second-order valence-corrected chi connectivity index (χ2v) is 3.13. The van der Waals surface area contributed by atoms with Crippen LogP contribution >= 0.6 is 0 Å². The average molecular weight is 206 g/mol. The molecule has 6 nitrogen and oxygen atoms in total. The van der Waals surface area contributed by atoms with Crippen LogP contribution in [0.4, 0.5) is 0 Å². The minimum atomic E-state index is -1.36. The van der Waals surface area contributed by atoms with Crippen molar-refractivity contribution in [3.05, 3.63) is 23.7 Å². The van der Waals surface area contributed by atoms with Crippen LogP contribution < -0.4 is 5.11 Å². The number of aryl methyl sites for hydroxylation is 1. The van der Waals surface area contributed by atoms with Gasteiger partial charge in [-0.05, 0) is 6.92 Å². The van der Waals surface area contributed by atoms with Gasteiger partial charge in [0.2, 0.25) is 0 Å². The standard InChI is InChI=1S/C9H9N3O3/c1-5-6(4-10-12(5)2)8-3-7(9(13)14)11-15-8/h3-4H,1-2H3,(H,13,14)/p-1. The van der Waals surface area contributed by atoms with E-state index < -0.39 is 5.97 Å². The number of hydrogen-bond donors (Lipinski definition) is 0. The fourth-order valence-electron chi connectivity index (χ4n) is 1.24. The van der Waals surface area contributed by atoms with Crippen LogP contribution in [0.25, 0.3) is 11.3 Å². The summed E-state index contributed by atoms with van der Waals surface area (Å²) in [5.74, 6) is -0.980. The van der Waals surface area contributed by atoms with Crippen LogP contribution in [-0.4, -0.2) is 20.9 Å². The molecule has 2 heterocycles. The third-order valence-electron chi connectivity index (χ3n) is 2.22. The van der Waals surface area contributed by atoms with Crippen LogP contribution in [0.1, 0.15) is 16.2 Å². The molecule has 0 spiro atoms. The summed E-state index contributed by atoms with van der Waals surface area (Å²) >= 11 is 0. The van der Waals surface area contributed by atoms with E-state index in [9.17, 15) is 9.90 Å². The summed E-state index contributed by atoms with van der Waals surface area (Å²) in [6.45, 7) is 1.85. The maximum Gasteiger partial charge on any atom is 0.170 e. The first kappa shape index (κ1) is 9.45. The molecule has 0 N–H and O–H groups in total.